The van der Waals surface area contributed by atoms with Gasteiger partial charge in [-0.05, 0) is 60.0 Å². The van der Waals surface area contributed by atoms with Crippen LogP contribution in [0.15, 0.2) is 85.3 Å². The minimum atomic E-state index is -0.595. The average Bonchev–Trinajstić information content (AvgIpc) is 3.44. The lowest BCUT2D eigenvalue weighted by atomic mass is 10.1. The van der Waals surface area contributed by atoms with Crippen molar-refractivity contribution in [1.82, 2.24) is 25.1 Å². The number of methoxy groups -OCH3 is 3. The van der Waals surface area contributed by atoms with Crippen molar-refractivity contribution in [3.8, 4) is 28.5 Å². The Morgan fingerprint density at radius 1 is 0.870 bits per heavy atom. The van der Waals surface area contributed by atoms with Crippen LogP contribution in [-0.2, 0) is 24.3 Å². The molecule has 2 N–H and O–H groups in total. The number of amides is 2. The second-order valence-corrected chi connectivity index (χ2v) is 10.2. The predicted octanol–water partition coefficient (Wildman–Crippen LogP) is 5.05. The Balaban J connectivity index is 1.50. The van der Waals surface area contributed by atoms with Gasteiger partial charge in [-0.1, -0.05) is 18.2 Å². The standard InChI is InChI=1S/C34H33FN6O5/c1-44-26-9-4-23(5-10-26)21-41-32(24-14-16-36-17-15-24)31(34(43)38-20-25-8-11-27(45-2)18-28(25)46-3)33(40-41)39-30(42)13-7-22-6-12-29(35)37-19-22/h4-6,8-12,14-19H,7,13,20-21H2,1-3H3,(H,38,43)(H,39,40,42). The molecule has 236 valence electrons. The van der Waals surface area contributed by atoms with E-state index in [2.05, 4.69) is 20.6 Å². The fourth-order valence-corrected chi connectivity index (χ4v) is 4.85. The Kier molecular flexibility index (Phi) is 10.2. The number of pyridine rings is 2. The fraction of sp³-hybridized carbons (Fsp3) is 0.206. The molecule has 3 heterocycles. The molecule has 2 amide bonds. The number of ether oxygens (including phenoxy) is 3. The van der Waals surface area contributed by atoms with Crippen LogP contribution in [0.2, 0.25) is 0 Å². The summed E-state index contributed by atoms with van der Waals surface area (Å²) in [7, 11) is 4.70. The third kappa shape index (κ3) is 7.65. The van der Waals surface area contributed by atoms with Crippen molar-refractivity contribution >= 4 is 17.6 Å². The van der Waals surface area contributed by atoms with Gasteiger partial charge in [0.25, 0.3) is 5.91 Å². The Labute approximate surface area is 265 Å². The first kappa shape index (κ1) is 31.6. The molecule has 11 nitrogen and oxygen atoms in total. The highest BCUT2D eigenvalue weighted by Crippen LogP contribution is 2.31. The molecule has 0 radical (unpaired) electrons. The molecular weight excluding hydrogens is 591 g/mol. The van der Waals surface area contributed by atoms with Crippen LogP contribution < -0.4 is 24.8 Å². The Morgan fingerprint density at radius 2 is 1.59 bits per heavy atom. The average molecular weight is 625 g/mol. The molecule has 0 bridgehead atoms. The topological polar surface area (TPSA) is 129 Å². The molecule has 3 aromatic heterocycles. The molecule has 0 fully saturated rings. The van der Waals surface area contributed by atoms with Gasteiger partial charge in [-0.25, -0.2) is 4.98 Å². The number of aryl methyl sites for hydroxylation is 1. The van der Waals surface area contributed by atoms with Gasteiger partial charge < -0.3 is 24.8 Å². The zero-order chi connectivity index (χ0) is 32.5. The summed E-state index contributed by atoms with van der Waals surface area (Å²) < 4.78 is 31.0. The van der Waals surface area contributed by atoms with Crippen LogP contribution in [0.5, 0.6) is 17.2 Å². The molecule has 0 aliphatic heterocycles. The summed E-state index contributed by atoms with van der Waals surface area (Å²) >= 11 is 0. The van der Waals surface area contributed by atoms with E-state index in [0.717, 1.165) is 11.1 Å². The maximum Gasteiger partial charge on any atom is 0.257 e. The van der Waals surface area contributed by atoms with E-state index < -0.39 is 11.9 Å². The second-order valence-electron chi connectivity index (χ2n) is 10.2. The highest BCUT2D eigenvalue weighted by molar-refractivity contribution is 6.07. The summed E-state index contributed by atoms with van der Waals surface area (Å²) in [4.78, 5) is 35.0. The maximum atomic E-state index is 14.0. The molecule has 12 heteroatoms. The van der Waals surface area contributed by atoms with E-state index in [1.807, 2.05) is 30.3 Å². The van der Waals surface area contributed by atoms with Crippen LogP contribution >= 0.6 is 0 Å². The summed E-state index contributed by atoms with van der Waals surface area (Å²) in [5.74, 6) is 0.552. The van der Waals surface area contributed by atoms with E-state index in [9.17, 15) is 14.0 Å². The van der Waals surface area contributed by atoms with Crippen LogP contribution in [0.4, 0.5) is 10.2 Å². The van der Waals surface area contributed by atoms with Crippen molar-refractivity contribution in [3.63, 3.8) is 0 Å². The predicted molar refractivity (Wildman–Crippen MR) is 169 cm³/mol. The van der Waals surface area contributed by atoms with E-state index in [4.69, 9.17) is 19.3 Å². The third-order valence-electron chi connectivity index (χ3n) is 7.25. The number of halogens is 1. The molecule has 5 rings (SSSR count). The maximum absolute atomic E-state index is 14.0. The van der Waals surface area contributed by atoms with E-state index in [0.29, 0.717) is 47.0 Å². The summed E-state index contributed by atoms with van der Waals surface area (Å²) in [5.41, 5.74) is 3.69. The first-order valence-corrected chi connectivity index (χ1v) is 14.4. The first-order chi connectivity index (χ1) is 22.4. The molecule has 0 saturated heterocycles. The van der Waals surface area contributed by atoms with Crippen molar-refractivity contribution in [1.29, 1.82) is 0 Å². The first-order valence-electron chi connectivity index (χ1n) is 14.4. The van der Waals surface area contributed by atoms with E-state index in [-0.39, 0.29) is 30.3 Å². The van der Waals surface area contributed by atoms with Crippen LogP contribution in [0, 0.1) is 5.95 Å². The lowest BCUT2D eigenvalue weighted by Gasteiger charge is -2.13. The normalized spacial score (nSPS) is 10.7. The van der Waals surface area contributed by atoms with Crippen molar-refractivity contribution in [3.05, 3.63) is 114 Å². The van der Waals surface area contributed by atoms with Crippen LogP contribution in [-0.4, -0.2) is 52.9 Å². The fourth-order valence-electron chi connectivity index (χ4n) is 4.85. The lowest BCUT2D eigenvalue weighted by molar-refractivity contribution is -0.116. The number of benzene rings is 2. The van der Waals surface area contributed by atoms with Crippen LogP contribution in [0.3, 0.4) is 0 Å². The molecule has 0 aliphatic carbocycles. The van der Waals surface area contributed by atoms with Gasteiger partial charge in [0, 0.05) is 48.7 Å². The van der Waals surface area contributed by atoms with Gasteiger partial charge in [0.15, 0.2) is 5.82 Å². The van der Waals surface area contributed by atoms with Gasteiger partial charge in [0.2, 0.25) is 11.9 Å². The van der Waals surface area contributed by atoms with E-state index in [1.165, 1.54) is 12.3 Å². The molecule has 0 atom stereocenters. The van der Waals surface area contributed by atoms with Crippen molar-refractivity contribution in [2.75, 3.05) is 26.6 Å². The summed E-state index contributed by atoms with van der Waals surface area (Å²) in [6, 6.07) is 19.2. The molecular formula is C34H33FN6O5. The van der Waals surface area contributed by atoms with Gasteiger partial charge in [-0.2, -0.15) is 9.49 Å². The zero-order valence-electron chi connectivity index (χ0n) is 25.6. The number of hydrogen-bond acceptors (Lipinski definition) is 8. The Morgan fingerprint density at radius 3 is 2.26 bits per heavy atom. The smallest absolute Gasteiger partial charge is 0.257 e. The van der Waals surface area contributed by atoms with Gasteiger partial charge in [0.05, 0.1) is 33.6 Å². The van der Waals surface area contributed by atoms with E-state index >= 15 is 0 Å². The van der Waals surface area contributed by atoms with Crippen molar-refractivity contribution in [2.45, 2.75) is 25.9 Å². The SMILES string of the molecule is COc1ccc(Cn2nc(NC(=O)CCc3ccc(F)nc3)c(C(=O)NCc3ccc(OC)cc3OC)c2-c2ccncc2)cc1. The highest BCUT2D eigenvalue weighted by Gasteiger charge is 2.27. The molecule has 0 aliphatic rings. The quantitative estimate of drug-likeness (QED) is 0.174. The van der Waals surface area contributed by atoms with E-state index in [1.54, 1.807) is 68.7 Å². The molecule has 0 spiro atoms. The molecule has 5 aromatic rings. The van der Waals surface area contributed by atoms with Gasteiger partial charge in [-0.15, -0.1) is 0 Å². The van der Waals surface area contributed by atoms with Gasteiger partial charge in [0.1, 0.15) is 22.8 Å². The molecule has 0 unspecified atom stereocenters. The number of carbonyl (C=O) groups is 2. The number of nitrogens with zero attached hydrogens (tertiary/aromatic N) is 4. The molecule has 46 heavy (non-hydrogen) atoms. The Hall–Kier alpha value is -5.78. The summed E-state index contributed by atoms with van der Waals surface area (Å²) in [6.07, 6.45) is 5.02. The van der Waals surface area contributed by atoms with Crippen LogP contribution in [0.25, 0.3) is 11.3 Å². The number of anilines is 1. The molecule has 2 aromatic carbocycles. The second kappa shape index (κ2) is 14.8. The Bertz CT molecular complexity index is 1790. The molecule has 0 saturated carbocycles. The minimum absolute atomic E-state index is 0.0628. The third-order valence-corrected chi connectivity index (χ3v) is 7.25. The van der Waals surface area contributed by atoms with Gasteiger partial charge >= 0.3 is 0 Å². The zero-order valence-corrected chi connectivity index (χ0v) is 25.6. The van der Waals surface area contributed by atoms with Gasteiger partial charge in [-0.3, -0.25) is 19.3 Å². The lowest BCUT2D eigenvalue weighted by Crippen LogP contribution is -2.25. The summed E-state index contributed by atoms with van der Waals surface area (Å²) in [5, 5.41) is 10.5. The monoisotopic (exact) mass is 624 g/mol. The minimum Gasteiger partial charge on any atom is -0.497 e. The summed E-state index contributed by atoms with van der Waals surface area (Å²) in [6.45, 7) is 0.432. The highest BCUT2D eigenvalue weighted by atomic mass is 19.1. The number of aromatic nitrogens is 4. The number of nitrogens with one attached hydrogen (secondary N) is 2. The van der Waals surface area contributed by atoms with Crippen LogP contribution in [0.1, 0.15) is 33.5 Å². The number of carbonyl (C=O) groups excluding carboxylic acids is 2. The van der Waals surface area contributed by atoms with Crippen molar-refractivity contribution < 1.29 is 28.2 Å². The van der Waals surface area contributed by atoms with Crippen molar-refractivity contribution in [2.24, 2.45) is 0 Å². The number of hydrogen-bond donors (Lipinski definition) is 2. The largest absolute Gasteiger partial charge is 0.497 e. The number of rotatable bonds is 13.